The van der Waals surface area contributed by atoms with Gasteiger partial charge in [-0.25, -0.2) is 9.69 Å². The fourth-order valence-electron chi connectivity index (χ4n) is 6.11. The summed E-state index contributed by atoms with van der Waals surface area (Å²) in [5, 5.41) is 2.79. The molecule has 5 aliphatic rings. The van der Waals surface area contributed by atoms with E-state index in [0.29, 0.717) is 34.3 Å². The number of hydrogen-bond acceptors (Lipinski definition) is 5. The van der Waals surface area contributed by atoms with Gasteiger partial charge in [-0.15, -0.1) is 0 Å². The van der Waals surface area contributed by atoms with Crippen LogP contribution in [0.5, 0.6) is 0 Å². The normalized spacial score (nSPS) is 30.1. The van der Waals surface area contributed by atoms with Crippen LogP contribution in [0.15, 0.2) is 60.7 Å². The Morgan fingerprint density at radius 3 is 2.21 bits per heavy atom. The number of imide groups is 1. The standard InChI is InChI=1S/C27H24N2O5/c1-2-34-27(33)14-6-8-16(9-7-14)28-24(30)15-4-3-5-17(12-15)29-25(31)22-18-10-11-19(21-13-20(18)21)23(22)26(29)32/h3-12,18-23H,2,13H2,1H3,(H,28,30)/t18-,19-,20-,21-,22-,23+/m1/s1. The molecule has 0 aromatic heterocycles. The molecule has 34 heavy (non-hydrogen) atoms. The lowest BCUT2D eigenvalue weighted by atomic mass is 9.63. The molecule has 0 spiro atoms. The molecule has 7 rings (SSSR count). The first-order valence-corrected chi connectivity index (χ1v) is 11.7. The summed E-state index contributed by atoms with van der Waals surface area (Å²) >= 11 is 0. The van der Waals surface area contributed by atoms with Gasteiger partial charge in [-0.1, -0.05) is 18.2 Å². The van der Waals surface area contributed by atoms with E-state index in [-0.39, 0.29) is 48.0 Å². The van der Waals surface area contributed by atoms with Crippen LogP contribution in [0.3, 0.4) is 0 Å². The molecule has 2 saturated carbocycles. The molecule has 1 heterocycles. The summed E-state index contributed by atoms with van der Waals surface area (Å²) in [6.45, 7) is 2.03. The minimum Gasteiger partial charge on any atom is -0.462 e. The van der Waals surface area contributed by atoms with E-state index < -0.39 is 5.97 Å². The van der Waals surface area contributed by atoms with Crippen molar-refractivity contribution in [3.63, 3.8) is 0 Å². The predicted octanol–water partition coefficient (Wildman–Crippen LogP) is 3.67. The van der Waals surface area contributed by atoms with Crippen LogP contribution >= 0.6 is 0 Å². The smallest absolute Gasteiger partial charge is 0.338 e. The largest absolute Gasteiger partial charge is 0.462 e. The molecule has 172 valence electrons. The summed E-state index contributed by atoms with van der Waals surface area (Å²) in [7, 11) is 0. The zero-order valence-corrected chi connectivity index (χ0v) is 18.6. The van der Waals surface area contributed by atoms with Crippen LogP contribution in [0.4, 0.5) is 11.4 Å². The number of carbonyl (C=O) groups is 4. The molecule has 1 saturated heterocycles. The average molecular weight is 456 g/mol. The maximum Gasteiger partial charge on any atom is 0.338 e. The number of carbonyl (C=O) groups excluding carboxylic acids is 4. The topological polar surface area (TPSA) is 92.8 Å². The highest BCUT2D eigenvalue weighted by Gasteiger charge is 2.67. The van der Waals surface area contributed by atoms with Gasteiger partial charge in [0.25, 0.3) is 5.91 Å². The van der Waals surface area contributed by atoms with E-state index in [2.05, 4.69) is 17.5 Å². The lowest BCUT2D eigenvalue weighted by molar-refractivity contribution is -0.124. The summed E-state index contributed by atoms with van der Waals surface area (Å²) < 4.78 is 4.97. The Kier molecular flexibility index (Phi) is 4.69. The number of allylic oxidation sites excluding steroid dienone is 2. The number of ether oxygens (including phenoxy) is 1. The third-order valence-corrected chi connectivity index (χ3v) is 7.68. The Hall–Kier alpha value is -3.74. The van der Waals surface area contributed by atoms with Gasteiger partial charge in [-0.05, 0) is 79.5 Å². The van der Waals surface area contributed by atoms with Crippen molar-refractivity contribution >= 4 is 35.1 Å². The number of amides is 3. The lowest BCUT2D eigenvalue weighted by Crippen LogP contribution is -2.40. The van der Waals surface area contributed by atoms with Crippen LogP contribution in [-0.4, -0.2) is 30.3 Å². The Morgan fingerprint density at radius 1 is 0.941 bits per heavy atom. The number of hydrogen-bond donors (Lipinski definition) is 1. The van der Waals surface area contributed by atoms with Crippen molar-refractivity contribution in [2.45, 2.75) is 13.3 Å². The molecule has 2 aromatic carbocycles. The molecule has 0 radical (unpaired) electrons. The third-order valence-electron chi connectivity index (χ3n) is 7.68. The Balaban J connectivity index is 1.20. The Bertz CT molecular complexity index is 1210. The van der Waals surface area contributed by atoms with E-state index >= 15 is 0 Å². The van der Waals surface area contributed by atoms with Gasteiger partial charge in [0.2, 0.25) is 11.8 Å². The SMILES string of the molecule is CCOC(=O)c1ccc(NC(=O)c2cccc(N3C(=O)[C@@H]4[C@@H]5C=C[C@H]([C@H]6C[C@H]56)[C@@H]4C3=O)c2)cc1. The maximum absolute atomic E-state index is 13.3. The second-order valence-electron chi connectivity index (χ2n) is 9.47. The molecule has 1 aliphatic heterocycles. The predicted molar refractivity (Wildman–Crippen MR) is 124 cm³/mol. The first-order valence-electron chi connectivity index (χ1n) is 11.7. The summed E-state index contributed by atoms with van der Waals surface area (Å²) in [6.07, 6.45) is 5.41. The van der Waals surface area contributed by atoms with Gasteiger partial charge in [0.05, 0.1) is 29.7 Å². The number of anilines is 2. The van der Waals surface area contributed by atoms with Crippen molar-refractivity contribution in [3.8, 4) is 0 Å². The number of rotatable bonds is 5. The first-order chi connectivity index (χ1) is 16.5. The number of nitrogens with zero attached hydrogens (tertiary/aromatic N) is 1. The first kappa shape index (κ1) is 20.8. The Labute approximate surface area is 196 Å². The quantitative estimate of drug-likeness (QED) is 0.421. The zero-order chi connectivity index (χ0) is 23.6. The van der Waals surface area contributed by atoms with Crippen LogP contribution in [0.25, 0.3) is 0 Å². The molecule has 2 aromatic rings. The average Bonchev–Trinajstić information content (AvgIpc) is 3.63. The van der Waals surface area contributed by atoms with Crippen molar-refractivity contribution in [3.05, 3.63) is 71.8 Å². The van der Waals surface area contributed by atoms with Gasteiger partial charge >= 0.3 is 5.97 Å². The van der Waals surface area contributed by atoms with Crippen LogP contribution in [-0.2, 0) is 14.3 Å². The highest BCUT2D eigenvalue weighted by atomic mass is 16.5. The van der Waals surface area contributed by atoms with E-state index in [1.165, 1.54) is 4.90 Å². The highest BCUT2D eigenvalue weighted by Crippen LogP contribution is 2.65. The second-order valence-corrected chi connectivity index (χ2v) is 9.47. The Morgan fingerprint density at radius 2 is 1.59 bits per heavy atom. The summed E-state index contributed by atoms with van der Waals surface area (Å²) in [5.41, 5.74) is 1.69. The molecular weight excluding hydrogens is 432 g/mol. The van der Waals surface area contributed by atoms with Gasteiger partial charge in [0.15, 0.2) is 0 Å². The van der Waals surface area contributed by atoms with E-state index in [1.807, 2.05) is 0 Å². The molecule has 4 aliphatic carbocycles. The van der Waals surface area contributed by atoms with E-state index in [1.54, 1.807) is 55.5 Å². The molecule has 6 atom stereocenters. The van der Waals surface area contributed by atoms with Crippen LogP contribution in [0.1, 0.15) is 34.1 Å². The fourth-order valence-corrected chi connectivity index (χ4v) is 6.11. The summed E-state index contributed by atoms with van der Waals surface area (Å²) in [4.78, 5) is 52.7. The number of nitrogens with one attached hydrogen (secondary N) is 1. The van der Waals surface area contributed by atoms with Crippen molar-refractivity contribution in [2.24, 2.45) is 35.5 Å². The molecule has 3 fully saturated rings. The molecule has 2 bridgehead atoms. The van der Waals surface area contributed by atoms with Gasteiger partial charge in [0.1, 0.15) is 0 Å². The number of esters is 1. The molecule has 1 N–H and O–H groups in total. The molecule has 7 heteroatoms. The minimum atomic E-state index is -0.422. The van der Waals surface area contributed by atoms with E-state index in [4.69, 9.17) is 4.74 Å². The monoisotopic (exact) mass is 456 g/mol. The number of benzene rings is 2. The van der Waals surface area contributed by atoms with Gasteiger partial charge in [-0.2, -0.15) is 0 Å². The zero-order valence-electron chi connectivity index (χ0n) is 18.6. The molecule has 0 unspecified atom stereocenters. The maximum atomic E-state index is 13.3. The minimum absolute atomic E-state index is 0.146. The van der Waals surface area contributed by atoms with Crippen molar-refractivity contribution in [2.75, 3.05) is 16.8 Å². The lowest BCUT2D eigenvalue weighted by Gasteiger charge is -2.37. The molecular formula is C27H24N2O5. The van der Waals surface area contributed by atoms with Gasteiger partial charge < -0.3 is 10.1 Å². The molecule has 7 nitrogen and oxygen atoms in total. The van der Waals surface area contributed by atoms with E-state index in [0.717, 1.165) is 6.42 Å². The van der Waals surface area contributed by atoms with Crippen molar-refractivity contribution in [1.82, 2.24) is 0 Å². The van der Waals surface area contributed by atoms with Crippen molar-refractivity contribution < 1.29 is 23.9 Å². The third kappa shape index (κ3) is 3.10. The summed E-state index contributed by atoms with van der Waals surface area (Å²) in [5.74, 6) is -0.238. The molecule has 3 amide bonds. The second kappa shape index (κ2) is 7.65. The highest BCUT2D eigenvalue weighted by molar-refractivity contribution is 6.23. The van der Waals surface area contributed by atoms with Crippen LogP contribution in [0, 0.1) is 35.5 Å². The van der Waals surface area contributed by atoms with Gasteiger partial charge in [0, 0.05) is 11.3 Å². The van der Waals surface area contributed by atoms with Crippen LogP contribution in [0.2, 0.25) is 0 Å². The fraction of sp³-hybridized carbons (Fsp3) is 0.333. The van der Waals surface area contributed by atoms with Gasteiger partial charge in [-0.3, -0.25) is 14.4 Å². The summed E-state index contributed by atoms with van der Waals surface area (Å²) in [6, 6.07) is 13.0. The van der Waals surface area contributed by atoms with Crippen molar-refractivity contribution in [1.29, 1.82) is 0 Å². The van der Waals surface area contributed by atoms with Crippen LogP contribution < -0.4 is 10.2 Å². The van der Waals surface area contributed by atoms with E-state index in [9.17, 15) is 19.2 Å².